The van der Waals surface area contributed by atoms with Crippen molar-refractivity contribution >= 4 is 96.8 Å². The zero-order chi connectivity index (χ0) is 42.5. The molecule has 11 aromatic rings. The monoisotopic (exact) mass is 851 g/mol. The van der Waals surface area contributed by atoms with Crippen LogP contribution in [0.2, 0.25) is 0 Å². The van der Waals surface area contributed by atoms with Gasteiger partial charge >= 0.3 is 0 Å². The normalized spacial score (nSPS) is 13.1. The van der Waals surface area contributed by atoms with Crippen LogP contribution in [0.25, 0.3) is 33.2 Å². The number of hydrogen-bond acceptors (Lipinski definition) is 4. The minimum absolute atomic E-state index is 0.795. The maximum absolute atomic E-state index is 6.71. The van der Waals surface area contributed by atoms with Crippen molar-refractivity contribution in [1.82, 2.24) is 9.97 Å². The van der Waals surface area contributed by atoms with E-state index in [2.05, 4.69) is 235 Å². The summed E-state index contributed by atoms with van der Waals surface area (Å²) in [6.45, 7) is 0. The zero-order valence-corrected chi connectivity index (χ0v) is 36.9. The first-order valence-corrected chi connectivity index (χ1v) is 25.8. The first-order valence-electron chi connectivity index (χ1n) is 21.8. The molecule has 3 aromatic heterocycles. The largest absolute Gasteiger partial charge is 0.454 e. The third kappa shape index (κ3) is 5.73. The first-order chi connectivity index (χ1) is 31.8. The molecule has 0 radical (unpaired) electrons. The van der Waals surface area contributed by atoms with Crippen molar-refractivity contribution in [3.05, 3.63) is 249 Å². The molecule has 6 heteroatoms. The van der Waals surface area contributed by atoms with Crippen LogP contribution < -0.4 is 46.4 Å². The summed E-state index contributed by atoms with van der Waals surface area (Å²) >= 11 is 0. The highest BCUT2D eigenvalue weighted by atomic mass is 28.3. The van der Waals surface area contributed by atoms with E-state index >= 15 is 0 Å². The van der Waals surface area contributed by atoms with Crippen LogP contribution in [0.15, 0.2) is 253 Å². The lowest BCUT2D eigenvalue weighted by Gasteiger charge is -2.44. The van der Waals surface area contributed by atoms with Crippen LogP contribution in [0, 0.1) is 0 Å². The molecule has 4 nitrogen and oxygen atoms in total. The number of anilines is 3. The van der Waals surface area contributed by atoms with Crippen LogP contribution in [0.4, 0.5) is 17.2 Å². The van der Waals surface area contributed by atoms with Crippen LogP contribution in [-0.4, -0.2) is 26.1 Å². The number of para-hydroxylation sites is 2. The van der Waals surface area contributed by atoms with Crippen molar-refractivity contribution in [3.8, 4) is 11.3 Å². The molecule has 1 aliphatic heterocycles. The number of nitrogens with zero attached hydrogens (tertiary/aromatic N) is 3. The second kappa shape index (κ2) is 15.5. The Labute approximate surface area is 374 Å². The molecular formula is C58H41N3OSi2. The molecular weight excluding hydrogens is 811 g/mol. The van der Waals surface area contributed by atoms with E-state index in [-0.39, 0.29) is 0 Å². The van der Waals surface area contributed by atoms with E-state index in [1.165, 1.54) is 41.5 Å². The fraction of sp³-hybridized carbons (Fsp3) is 0. The predicted molar refractivity (Wildman–Crippen MR) is 270 cm³/mol. The molecule has 0 aliphatic carbocycles. The second-order valence-corrected chi connectivity index (χ2v) is 24.0. The van der Waals surface area contributed by atoms with Gasteiger partial charge in [0.05, 0.1) is 11.9 Å². The molecule has 0 amide bonds. The molecule has 0 spiro atoms. The maximum atomic E-state index is 6.71. The quantitative estimate of drug-likeness (QED) is 0.114. The van der Waals surface area contributed by atoms with Crippen LogP contribution in [-0.2, 0) is 0 Å². The Balaban J connectivity index is 1.19. The highest BCUT2D eigenvalue weighted by Gasteiger charge is 2.51. The number of rotatable bonds is 8. The second-order valence-electron chi connectivity index (χ2n) is 16.5. The lowest BCUT2D eigenvalue weighted by Crippen LogP contribution is -2.77. The van der Waals surface area contributed by atoms with Crippen LogP contribution >= 0.6 is 0 Å². The molecule has 0 unspecified atom stereocenters. The third-order valence-electron chi connectivity index (χ3n) is 13.2. The van der Waals surface area contributed by atoms with Crippen LogP contribution in [0.1, 0.15) is 0 Å². The SMILES string of the molecule is c1ccc([Si](c2ccccc2)(c2cccc(-c3ccccn3)c2)c2cccc(N3c4ccccc4[Si](c4ccccc4)(c4ccccc4)c4c3ncc3oc5ccccc5c43)c2)cc1. The van der Waals surface area contributed by atoms with E-state index in [4.69, 9.17) is 14.4 Å². The Kier molecular flexibility index (Phi) is 9.14. The predicted octanol–water partition coefficient (Wildman–Crippen LogP) is 8.58. The topological polar surface area (TPSA) is 42.2 Å². The lowest BCUT2D eigenvalue weighted by atomic mass is 10.1. The number of pyridine rings is 2. The zero-order valence-electron chi connectivity index (χ0n) is 34.9. The van der Waals surface area contributed by atoms with E-state index in [0.29, 0.717) is 0 Å². The van der Waals surface area contributed by atoms with Crippen LogP contribution in [0.5, 0.6) is 0 Å². The molecule has 12 rings (SSSR count). The molecule has 4 heterocycles. The third-order valence-corrected chi connectivity index (χ3v) is 22.8. The first kappa shape index (κ1) is 37.8. The number of fused-ring (bicyclic) bond motifs is 6. The Morgan fingerprint density at radius 3 is 1.72 bits per heavy atom. The van der Waals surface area contributed by atoms with E-state index in [1.807, 2.05) is 18.5 Å². The van der Waals surface area contributed by atoms with Crippen molar-refractivity contribution in [3.63, 3.8) is 0 Å². The van der Waals surface area contributed by atoms with E-state index in [1.54, 1.807) is 0 Å². The van der Waals surface area contributed by atoms with Crippen molar-refractivity contribution < 1.29 is 4.42 Å². The maximum Gasteiger partial charge on any atom is 0.187 e. The smallest absolute Gasteiger partial charge is 0.187 e. The van der Waals surface area contributed by atoms with Gasteiger partial charge in [-0.15, -0.1) is 0 Å². The molecule has 0 saturated carbocycles. The van der Waals surface area contributed by atoms with Gasteiger partial charge < -0.3 is 4.42 Å². The lowest BCUT2D eigenvalue weighted by molar-refractivity contribution is 0.667. The number of hydrogen-bond donors (Lipinski definition) is 0. The summed E-state index contributed by atoms with van der Waals surface area (Å²) < 4.78 is 6.71. The molecule has 0 fully saturated rings. The van der Waals surface area contributed by atoms with Gasteiger partial charge in [0, 0.05) is 39.1 Å². The molecule has 0 atom stereocenters. The van der Waals surface area contributed by atoms with Crippen molar-refractivity contribution in [2.75, 3.05) is 4.90 Å². The minimum Gasteiger partial charge on any atom is -0.454 e. The van der Waals surface area contributed by atoms with Gasteiger partial charge in [-0.3, -0.25) is 9.88 Å². The summed E-state index contributed by atoms with van der Waals surface area (Å²) in [5.74, 6) is 0.929. The van der Waals surface area contributed by atoms with Gasteiger partial charge in [-0.25, -0.2) is 4.98 Å². The van der Waals surface area contributed by atoms with Crippen molar-refractivity contribution in [1.29, 1.82) is 0 Å². The molecule has 0 saturated heterocycles. The van der Waals surface area contributed by atoms with E-state index < -0.39 is 16.1 Å². The van der Waals surface area contributed by atoms with E-state index in [9.17, 15) is 0 Å². The van der Waals surface area contributed by atoms with Gasteiger partial charge in [0.2, 0.25) is 0 Å². The fourth-order valence-corrected chi connectivity index (χ4v) is 20.6. The Morgan fingerprint density at radius 2 is 1.03 bits per heavy atom. The molecule has 302 valence electrons. The van der Waals surface area contributed by atoms with E-state index in [0.717, 1.165) is 50.4 Å². The van der Waals surface area contributed by atoms with Crippen molar-refractivity contribution in [2.24, 2.45) is 0 Å². The van der Waals surface area contributed by atoms with Gasteiger partial charge in [0.25, 0.3) is 0 Å². The Morgan fingerprint density at radius 1 is 0.453 bits per heavy atom. The summed E-state index contributed by atoms with van der Waals surface area (Å²) in [5.41, 5.74) is 5.90. The molecule has 0 bridgehead atoms. The summed E-state index contributed by atoms with van der Waals surface area (Å²) in [7, 11) is -6.13. The fourth-order valence-electron chi connectivity index (χ4n) is 10.6. The minimum atomic E-state index is -3.10. The average molecular weight is 852 g/mol. The summed E-state index contributed by atoms with van der Waals surface area (Å²) in [4.78, 5) is 12.8. The summed E-state index contributed by atoms with van der Waals surface area (Å²) in [5, 5.41) is 12.5. The molecule has 64 heavy (non-hydrogen) atoms. The van der Waals surface area contributed by atoms with Gasteiger partial charge in [0.1, 0.15) is 11.4 Å². The molecule has 1 aliphatic rings. The average Bonchev–Trinajstić information content (AvgIpc) is 3.77. The number of furan rings is 1. The number of aromatic nitrogens is 2. The standard InChI is InChI=1S/C58H41N3OSi2/c1-5-23-44(24-6-1)63(45-25-7-2-8-26-45,48-31-19-21-42(39-48)51-34-17-18-38-59-51)49-32-20-22-43(40-49)61-52-35-14-16-37-55(52)64(46-27-9-3-10-28-46,47-29-11-4-12-30-47)57-56-50-33-13-15-36-53(50)62-54(56)41-60-58(57)61/h1-41H. The molecule has 8 aromatic carbocycles. The van der Waals surface area contributed by atoms with Crippen LogP contribution in [0.3, 0.4) is 0 Å². The van der Waals surface area contributed by atoms with Gasteiger partial charge in [-0.05, 0) is 72.7 Å². The van der Waals surface area contributed by atoms with Gasteiger partial charge in [0.15, 0.2) is 21.7 Å². The molecule has 0 N–H and O–H groups in total. The highest BCUT2D eigenvalue weighted by molar-refractivity contribution is 7.22. The van der Waals surface area contributed by atoms with Gasteiger partial charge in [-0.1, -0.05) is 200 Å². The Bertz CT molecular complexity index is 3370. The van der Waals surface area contributed by atoms with Crippen molar-refractivity contribution in [2.45, 2.75) is 0 Å². The number of benzene rings is 8. The Hall–Kier alpha value is -7.91. The highest BCUT2D eigenvalue weighted by Crippen LogP contribution is 2.41. The summed E-state index contributed by atoms with van der Waals surface area (Å²) in [6, 6.07) is 86.7. The summed E-state index contributed by atoms with van der Waals surface area (Å²) in [6.07, 6.45) is 3.82. The van der Waals surface area contributed by atoms with Gasteiger partial charge in [-0.2, -0.15) is 0 Å².